The normalized spacial score (nSPS) is 12.6. The van der Waals surface area contributed by atoms with Gasteiger partial charge in [-0.15, -0.1) is 10.2 Å². The van der Waals surface area contributed by atoms with E-state index in [2.05, 4.69) is 41.4 Å². The van der Waals surface area contributed by atoms with Crippen molar-refractivity contribution in [2.75, 3.05) is 0 Å². The number of hydrogen-bond donors (Lipinski definition) is 0. The Hall–Kier alpha value is -1.64. The maximum Gasteiger partial charge on any atom is 0.119 e. The molecule has 0 saturated heterocycles. The summed E-state index contributed by atoms with van der Waals surface area (Å²) in [6.45, 7) is 3.13. The molecule has 0 spiro atoms. The third-order valence-electron chi connectivity index (χ3n) is 2.32. The van der Waals surface area contributed by atoms with Gasteiger partial charge in [-0.2, -0.15) is 0 Å². The predicted molar refractivity (Wildman–Crippen MR) is 54.9 cm³/mol. The second kappa shape index (κ2) is 4.05. The van der Waals surface area contributed by atoms with Crippen LogP contribution < -0.4 is 0 Å². The number of nitrogens with zero attached hydrogens (tertiary/aromatic N) is 3. The van der Waals surface area contributed by atoms with Gasteiger partial charge in [0.1, 0.15) is 12.7 Å². The minimum absolute atomic E-state index is 0.493. The molecule has 0 fully saturated rings. The van der Waals surface area contributed by atoms with E-state index in [-0.39, 0.29) is 0 Å². The van der Waals surface area contributed by atoms with E-state index in [1.54, 1.807) is 12.7 Å². The standard InChI is InChI=1S/C11H13N3/c1-10(7-14-8-12-13-9-14)11-5-3-2-4-6-11/h2-6,8-10H,7H2,1H3. The molecule has 14 heavy (non-hydrogen) atoms. The summed E-state index contributed by atoms with van der Waals surface area (Å²) in [6, 6.07) is 10.5. The van der Waals surface area contributed by atoms with Crippen LogP contribution in [0.25, 0.3) is 0 Å². The van der Waals surface area contributed by atoms with E-state index in [9.17, 15) is 0 Å². The molecule has 1 aromatic heterocycles. The van der Waals surface area contributed by atoms with Crippen LogP contribution in [0.15, 0.2) is 43.0 Å². The summed E-state index contributed by atoms with van der Waals surface area (Å²) in [6.07, 6.45) is 3.50. The molecule has 0 radical (unpaired) electrons. The average Bonchev–Trinajstić information content (AvgIpc) is 2.72. The van der Waals surface area contributed by atoms with Crippen LogP contribution in [0.5, 0.6) is 0 Å². The van der Waals surface area contributed by atoms with Crippen LogP contribution in [-0.4, -0.2) is 14.8 Å². The zero-order chi connectivity index (χ0) is 9.80. The Morgan fingerprint density at radius 1 is 1.14 bits per heavy atom. The van der Waals surface area contributed by atoms with Gasteiger partial charge in [-0.3, -0.25) is 0 Å². The highest BCUT2D eigenvalue weighted by atomic mass is 15.2. The molecule has 1 aromatic carbocycles. The van der Waals surface area contributed by atoms with Crippen LogP contribution in [0, 0.1) is 0 Å². The molecular formula is C11H13N3. The van der Waals surface area contributed by atoms with Crippen molar-refractivity contribution in [3.8, 4) is 0 Å². The van der Waals surface area contributed by atoms with Crippen LogP contribution in [0.3, 0.4) is 0 Å². The van der Waals surface area contributed by atoms with E-state index in [1.165, 1.54) is 5.56 Å². The van der Waals surface area contributed by atoms with Gasteiger partial charge < -0.3 is 4.57 Å². The topological polar surface area (TPSA) is 30.7 Å². The first-order valence-electron chi connectivity index (χ1n) is 4.73. The maximum absolute atomic E-state index is 3.78. The minimum atomic E-state index is 0.493. The lowest BCUT2D eigenvalue weighted by molar-refractivity contribution is 0.595. The molecular weight excluding hydrogens is 174 g/mol. The SMILES string of the molecule is CC(Cn1cnnc1)c1ccccc1. The first kappa shape index (κ1) is 8.94. The molecule has 1 unspecified atom stereocenters. The average molecular weight is 187 g/mol. The highest BCUT2D eigenvalue weighted by Crippen LogP contribution is 2.15. The van der Waals surface area contributed by atoms with Crippen LogP contribution in [-0.2, 0) is 6.54 Å². The summed E-state index contributed by atoms with van der Waals surface area (Å²) in [7, 11) is 0. The molecule has 0 bridgehead atoms. The van der Waals surface area contributed by atoms with E-state index in [1.807, 2.05) is 10.6 Å². The first-order valence-corrected chi connectivity index (χ1v) is 4.73. The van der Waals surface area contributed by atoms with Crippen molar-refractivity contribution < 1.29 is 0 Å². The Kier molecular flexibility index (Phi) is 2.58. The third kappa shape index (κ3) is 1.99. The molecule has 72 valence electrons. The summed E-state index contributed by atoms with van der Waals surface area (Å²) >= 11 is 0. The van der Waals surface area contributed by atoms with Gasteiger partial charge in [0.15, 0.2) is 0 Å². The number of aromatic nitrogens is 3. The number of rotatable bonds is 3. The summed E-state index contributed by atoms with van der Waals surface area (Å²) in [5.74, 6) is 0.493. The van der Waals surface area contributed by atoms with E-state index in [0.29, 0.717) is 5.92 Å². The van der Waals surface area contributed by atoms with Gasteiger partial charge in [0.25, 0.3) is 0 Å². The molecule has 0 N–H and O–H groups in total. The molecule has 0 saturated carbocycles. The van der Waals surface area contributed by atoms with Gasteiger partial charge in [-0.1, -0.05) is 37.3 Å². The lowest BCUT2D eigenvalue weighted by Gasteiger charge is -2.11. The van der Waals surface area contributed by atoms with Crippen molar-refractivity contribution in [1.82, 2.24) is 14.8 Å². The molecule has 1 atom stereocenters. The fourth-order valence-electron chi connectivity index (χ4n) is 1.52. The summed E-state index contributed by atoms with van der Waals surface area (Å²) in [4.78, 5) is 0. The summed E-state index contributed by atoms with van der Waals surface area (Å²) in [5, 5.41) is 7.56. The Bertz CT molecular complexity index is 367. The predicted octanol–water partition coefficient (Wildman–Crippen LogP) is 2.08. The fraction of sp³-hybridized carbons (Fsp3) is 0.273. The van der Waals surface area contributed by atoms with Gasteiger partial charge in [0.2, 0.25) is 0 Å². The first-order chi connectivity index (χ1) is 6.86. The molecule has 2 rings (SSSR count). The van der Waals surface area contributed by atoms with Crippen LogP contribution >= 0.6 is 0 Å². The molecule has 0 amide bonds. The van der Waals surface area contributed by atoms with Gasteiger partial charge >= 0.3 is 0 Å². The molecule has 1 heterocycles. The van der Waals surface area contributed by atoms with Crippen molar-refractivity contribution in [2.45, 2.75) is 19.4 Å². The van der Waals surface area contributed by atoms with E-state index in [4.69, 9.17) is 0 Å². The molecule has 0 aliphatic heterocycles. The quantitative estimate of drug-likeness (QED) is 0.736. The largest absolute Gasteiger partial charge is 0.320 e. The number of hydrogen-bond acceptors (Lipinski definition) is 2. The zero-order valence-corrected chi connectivity index (χ0v) is 8.17. The van der Waals surface area contributed by atoms with Gasteiger partial charge in [-0.25, -0.2) is 0 Å². The summed E-state index contributed by atoms with van der Waals surface area (Å²) in [5.41, 5.74) is 1.35. The van der Waals surface area contributed by atoms with Crippen molar-refractivity contribution in [3.05, 3.63) is 48.5 Å². The Morgan fingerprint density at radius 3 is 2.43 bits per heavy atom. The second-order valence-electron chi connectivity index (χ2n) is 3.47. The summed E-state index contributed by atoms with van der Waals surface area (Å²) < 4.78 is 2.00. The molecule has 0 aliphatic carbocycles. The van der Waals surface area contributed by atoms with E-state index in [0.717, 1.165) is 6.54 Å². The monoisotopic (exact) mass is 187 g/mol. The van der Waals surface area contributed by atoms with Crippen LogP contribution in [0.4, 0.5) is 0 Å². The van der Waals surface area contributed by atoms with Crippen molar-refractivity contribution in [2.24, 2.45) is 0 Å². The van der Waals surface area contributed by atoms with E-state index < -0.39 is 0 Å². The number of benzene rings is 1. The molecule has 3 nitrogen and oxygen atoms in total. The molecule has 0 aliphatic rings. The smallest absolute Gasteiger partial charge is 0.119 e. The van der Waals surface area contributed by atoms with Crippen LogP contribution in [0.2, 0.25) is 0 Å². The lowest BCUT2D eigenvalue weighted by Crippen LogP contribution is -2.04. The lowest BCUT2D eigenvalue weighted by atomic mass is 10.0. The van der Waals surface area contributed by atoms with Gasteiger partial charge in [0.05, 0.1) is 0 Å². The van der Waals surface area contributed by atoms with E-state index >= 15 is 0 Å². The van der Waals surface area contributed by atoms with Crippen molar-refractivity contribution >= 4 is 0 Å². The Balaban J connectivity index is 2.07. The van der Waals surface area contributed by atoms with Gasteiger partial charge in [0, 0.05) is 6.54 Å². The Labute approximate surface area is 83.4 Å². The van der Waals surface area contributed by atoms with Crippen molar-refractivity contribution in [1.29, 1.82) is 0 Å². The fourth-order valence-corrected chi connectivity index (χ4v) is 1.52. The van der Waals surface area contributed by atoms with Gasteiger partial charge in [-0.05, 0) is 11.5 Å². The van der Waals surface area contributed by atoms with Crippen LogP contribution in [0.1, 0.15) is 18.4 Å². The van der Waals surface area contributed by atoms with Crippen molar-refractivity contribution in [3.63, 3.8) is 0 Å². The third-order valence-corrected chi connectivity index (χ3v) is 2.32. The highest BCUT2D eigenvalue weighted by Gasteiger charge is 2.04. The minimum Gasteiger partial charge on any atom is -0.320 e. The molecule has 2 aromatic rings. The second-order valence-corrected chi connectivity index (χ2v) is 3.47. The molecule has 3 heteroatoms. The highest BCUT2D eigenvalue weighted by molar-refractivity contribution is 5.18. The zero-order valence-electron chi connectivity index (χ0n) is 8.17. The maximum atomic E-state index is 3.78. The Morgan fingerprint density at radius 2 is 1.79 bits per heavy atom.